The number of benzene rings is 1. The van der Waals surface area contributed by atoms with Gasteiger partial charge in [0.2, 0.25) is 0 Å². The Hall–Kier alpha value is -2.04. The summed E-state index contributed by atoms with van der Waals surface area (Å²) < 4.78 is 0. The summed E-state index contributed by atoms with van der Waals surface area (Å²) in [7, 11) is 0. The predicted molar refractivity (Wildman–Crippen MR) is 141 cm³/mol. The van der Waals surface area contributed by atoms with Crippen LogP contribution in [0.25, 0.3) is 31.9 Å². The summed E-state index contributed by atoms with van der Waals surface area (Å²) in [4.78, 5) is 14.3. The Balaban J connectivity index is 0.000000948. The zero-order chi connectivity index (χ0) is 23.1. The highest BCUT2D eigenvalue weighted by Crippen LogP contribution is 2.38. The van der Waals surface area contributed by atoms with E-state index < -0.39 is 0 Å². The van der Waals surface area contributed by atoms with E-state index in [1.54, 1.807) is 35.1 Å². The van der Waals surface area contributed by atoms with Gasteiger partial charge in [-0.05, 0) is 38.1 Å². The SMILES string of the molecule is CC.CC.CC.CC.Cc1ccc(-c2ccc(-c3ccc(C)s3)c3nccnc23)s1. The second-order valence-electron chi connectivity index (χ2n) is 5.23. The Labute approximate surface area is 192 Å². The highest BCUT2D eigenvalue weighted by molar-refractivity contribution is 7.16. The van der Waals surface area contributed by atoms with Crippen LogP contribution in [-0.4, -0.2) is 9.97 Å². The van der Waals surface area contributed by atoms with Gasteiger partial charge in [-0.2, -0.15) is 0 Å². The van der Waals surface area contributed by atoms with Crippen molar-refractivity contribution in [1.82, 2.24) is 9.97 Å². The summed E-state index contributed by atoms with van der Waals surface area (Å²) >= 11 is 3.59. The molecule has 3 aromatic heterocycles. The second kappa shape index (κ2) is 15.8. The van der Waals surface area contributed by atoms with Gasteiger partial charge in [0.25, 0.3) is 0 Å². The number of thiophene rings is 2. The van der Waals surface area contributed by atoms with Crippen LogP contribution in [0.15, 0.2) is 48.8 Å². The van der Waals surface area contributed by atoms with E-state index in [4.69, 9.17) is 0 Å². The molecule has 30 heavy (non-hydrogen) atoms. The first-order valence-corrected chi connectivity index (χ1v) is 12.7. The van der Waals surface area contributed by atoms with Gasteiger partial charge in [0.05, 0.1) is 11.0 Å². The maximum Gasteiger partial charge on any atom is 0.0979 e. The van der Waals surface area contributed by atoms with Gasteiger partial charge in [-0.3, -0.25) is 9.97 Å². The Morgan fingerprint density at radius 1 is 0.500 bits per heavy atom. The van der Waals surface area contributed by atoms with Crippen LogP contribution in [0.2, 0.25) is 0 Å². The van der Waals surface area contributed by atoms with Crippen molar-refractivity contribution in [2.45, 2.75) is 69.2 Å². The Morgan fingerprint density at radius 3 is 1.10 bits per heavy atom. The van der Waals surface area contributed by atoms with Gasteiger partial charge in [-0.25, -0.2) is 0 Å². The fourth-order valence-electron chi connectivity index (χ4n) is 2.61. The van der Waals surface area contributed by atoms with Crippen LogP contribution in [0.4, 0.5) is 0 Å². The standard InChI is InChI=1S/C18H14N2S2.4C2H6/c1-11-3-7-15(21-11)13-5-6-14(16-8-4-12(2)22-16)18-17(13)19-9-10-20-18;4*1-2/h3-10H,1-2H3;4*1-2H3. The molecule has 0 atom stereocenters. The second-order valence-corrected chi connectivity index (χ2v) is 7.81. The van der Waals surface area contributed by atoms with Gasteiger partial charge in [-0.15, -0.1) is 22.7 Å². The molecule has 0 saturated heterocycles. The van der Waals surface area contributed by atoms with Gasteiger partial charge in [0.1, 0.15) is 0 Å². The van der Waals surface area contributed by atoms with Gasteiger partial charge >= 0.3 is 0 Å². The summed E-state index contributed by atoms with van der Waals surface area (Å²) in [6.07, 6.45) is 3.55. The molecule has 0 amide bonds. The third-order valence-corrected chi connectivity index (χ3v) is 5.70. The van der Waals surface area contributed by atoms with Gasteiger partial charge in [0, 0.05) is 43.0 Å². The van der Waals surface area contributed by atoms with E-state index in [-0.39, 0.29) is 0 Å². The van der Waals surface area contributed by atoms with Crippen LogP contribution in [0.1, 0.15) is 65.1 Å². The number of rotatable bonds is 2. The lowest BCUT2D eigenvalue weighted by Gasteiger charge is -2.07. The lowest BCUT2D eigenvalue weighted by Crippen LogP contribution is -1.88. The predicted octanol–water partition coefficient (Wildman–Crippen LogP) is 9.81. The number of aryl methyl sites for hydroxylation is 2. The maximum atomic E-state index is 4.61. The Kier molecular flexibility index (Phi) is 14.7. The molecule has 4 heteroatoms. The number of hydrogen-bond donors (Lipinski definition) is 0. The number of nitrogens with zero attached hydrogens (tertiary/aromatic N) is 2. The van der Waals surface area contributed by atoms with E-state index in [0.717, 1.165) is 11.0 Å². The molecule has 0 aliphatic heterocycles. The minimum absolute atomic E-state index is 0.980. The third-order valence-electron chi connectivity index (χ3n) is 3.64. The summed E-state index contributed by atoms with van der Waals surface area (Å²) in [6.45, 7) is 20.3. The van der Waals surface area contributed by atoms with E-state index in [2.05, 4.69) is 60.2 Å². The van der Waals surface area contributed by atoms with Crippen molar-refractivity contribution in [3.05, 3.63) is 58.5 Å². The lowest BCUT2D eigenvalue weighted by atomic mass is 10.1. The van der Waals surface area contributed by atoms with Crippen LogP contribution < -0.4 is 0 Å². The minimum atomic E-state index is 0.980. The molecule has 0 aliphatic carbocycles. The van der Waals surface area contributed by atoms with E-state index in [1.807, 2.05) is 55.4 Å². The molecule has 0 fully saturated rings. The van der Waals surface area contributed by atoms with Crippen molar-refractivity contribution in [2.75, 3.05) is 0 Å². The molecule has 2 nitrogen and oxygen atoms in total. The molecule has 3 heterocycles. The van der Waals surface area contributed by atoms with Gasteiger partial charge < -0.3 is 0 Å². The largest absolute Gasteiger partial charge is 0.252 e. The fraction of sp³-hybridized carbons (Fsp3) is 0.385. The van der Waals surface area contributed by atoms with Crippen molar-refractivity contribution in [2.24, 2.45) is 0 Å². The third kappa shape index (κ3) is 7.03. The Bertz CT molecular complexity index is 889. The monoisotopic (exact) mass is 442 g/mol. The minimum Gasteiger partial charge on any atom is -0.252 e. The summed E-state index contributed by atoms with van der Waals surface area (Å²) in [5.41, 5.74) is 4.29. The van der Waals surface area contributed by atoms with Crippen molar-refractivity contribution in [3.8, 4) is 20.9 Å². The molecule has 0 saturated carbocycles. The van der Waals surface area contributed by atoms with Crippen LogP contribution >= 0.6 is 22.7 Å². The summed E-state index contributed by atoms with van der Waals surface area (Å²) in [6, 6.07) is 13.0. The van der Waals surface area contributed by atoms with Crippen LogP contribution in [-0.2, 0) is 0 Å². The van der Waals surface area contributed by atoms with Gasteiger partial charge in [-0.1, -0.05) is 67.5 Å². The van der Waals surface area contributed by atoms with Crippen molar-refractivity contribution in [3.63, 3.8) is 0 Å². The van der Waals surface area contributed by atoms with E-state index in [9.17, 15) is 0 Å². The molecule has 4 aromatic rings. The van der Waals surface area contributed by atoms with E-state index >= 15 is 0 Å². The first kappa shape index (κ1) is 28.0. The highest BCUT2D eigenvalue weighted by atomic mass is 32.1. The molecule has 1 aromatic carbocycles. The normalized spacial score (nSPS) is 9.00. The molecule has 4 rings (SSSR count). The topological polar surface area (TPSA) is 25.8 Å². The number of aromatic nitrogens is 2. The molecule has 164 valence electrons. The van der Waals surface area contributed by atoms with Gasteiger partial charge in [0.15, 0.2) is 0 Å². The summed E-state index contributed by atoms with van der Waals surface area (Å²) in [5, 5.41) is 0. The molecular formula is C26H38N2S2. The smallest absolute Gasteiger partial charge is 0.0979 e. The number of fused-ring (bicyclic) bond motifs is 1. The molecular weight excluding hydrogens is 404 g/mol. The van der Waals surface area contributed by atoms with E-state index in [0.29, 0.717) is 0 Å². The molecule has 0 bridgehead atoms. The number of hydrogen-bond acceptors (Lipinski definition) is 4. The van der Waals surface area contributed by atoms with Crippen LogP contribution in [0, 0.1) is 13.8 Å². The average molecular weight is 443 g/mol. The van der Waals surface area contributed by atoms with Crippen LogP contribution in [0.5, 0.6) is 0 Å². The zero-order valence-electron chi connectivity index (χ0n) is 20.3. The molecule has 0 radical (unpaired) electrons. The van der Waals surface area contributed by atoms with Crippen molar-refractivity contribution < 1.29 is 0 Å². The highest BCUT2D eigenvalue weighted by Gasteiger charge is 2.13. The summed E-state index contributed by atoms with van der Waals surface area (Å²) in [5.74, 6) is 0. The van der Waals surface area contributed by atoms with Crippen molar-refractivity contribution in [1.29, 1.82) is 0 Å². The molecule has 0 aliphatic rings. The maximum absolute atomic E-state index is 4.61. The zero-order valence-corrected chi connectivity index (χ0v) is 22.0. The van der Waals surface area contributed by atoms with E-state index in [1.165, 1.54) is 30.6 Å². The quantitative estimate of drug-likeness (QED) is 0.308. The molecule has 0 N–H and O–H groups in total. The Morgan fingerprint density at radius 2 is 0.833 bits per heavy atom. The molecule has 0 spiro atoms. The first-order chi connectivity index (χ1) is 14.7. The fourth-order valence-corrected chi connectivity index (χ4v) is 4.40. The molecule has 0 unspecified atom stereocenters. The first-order valence-electron chi connectivity index (χ1n) is 11.1. The van der Waals surface area contributed by atoms with Crippen molar-refractivity contribution >= 4 is 33.7 Å². The average Bonchev–Trinajstić information content (AvgIpc) is 3.46. The lowest BCUT2D eigenvalue weighted by molar-refractivity contribution is 1.30. The van der Waals surface area contributed by atoms with Crippen LogP contribution in [0.3, 0.4) is 0 Å².